The predicted octanol–water partition coefficient (Wildman–Crippen LogP) is 1.96. The van der Waals surface area contributed by atoms with Gasteiger partial charge in [0.15, 0.2) is 0 Å². The zero-order valence-corrected chi connectivity index (χ0v) is 8.24. The van der Waals surface area contributed by atoms with Gasteiger partial charge in [0.05, 0.1) is 19.3 Å². The largest absolute Gasteiger partial charge is 0.390 e. The summed E-state index contributed by atoms with van der Waals surface area (Å²) in [5.74, 6) is 1.30. The molecule has 2 nitrogen and oxygen atoms in total. The van der Waals surface area contributed by atoms with Crippen LogP contribution in [0.4, 0.5) is 0 Å². The minimum atomic E-state index is -0.179. The Labute approximate surface area is 80.3 Å². The lowest BCUT2D eigenvalue weighted by Crippen LogP contribution is -2.22. The molecule has 1 aliphatic carbocycles. The lowest BCUT2D eigenvalue weighted by Gasteiger charge is -2.24. The Morgan fingerprint density at radius 2 is 1.85 bits per heavy atom. The molecule has 2 atom stereocenters. The van der Waals surface area contributed by atoms with Crippen molar-refractivity contribution in [3.8, 4) is 0 Å². The van der Waals surface area contributed by atoms with E-state index in [-0.39, 0.29) is 6.10 Å². The summed E-state index contributed by atoms with van der Waals surface area (Å²) in [5.41, 5.74) is 0. The fourth-order valence-electron chi connectivity index (χ4n) is 2.66. The normalized spacial score (nSPS) is 36.7. The van der Waals surface area contributed by atoms with Crippen molar-refractivity contribution in [2.24, 2.45) is 11.8 Å². The fraction of sp³-hybridized carbons (Fsp3) is 1.00. The molecule has 2 aliphatic rings. The third-order valence-corrected chi connectivity index (χ3v) is 3.53. The molecule has 0 aromatic heterocycles. The molecule has 0 spiro atoms. The summed E-state index contributed by atoms with van der Waals surface area (Å²) < 4.78 is 5.26. The molecule has 0 bridgehead atoms. The van der Waals surface area contributed by atoms with Crippen molar-refractivity contribution >= 4 is 0 Å². The van der Waals surface area contributed by atoms with Crippen molar-refractivity contribution in [1.29, 1.82) is 0 Å². The maximum absolute atomic E-state index is 9.59. The number of hydrogen-bond donors (Lipinski definition) is 1. The molecule has 0 aromatic rings. The third kappa shape index (κ3) is 2.44. The van der Waals surface area contributed by atoms with Crippen LogP contribution in [-0.4, -0.2) is 24.4 Å². The first-order valence-corrected chi connectivity index (χ1v) is 5.62. The number of ether oxygens (including phenoxy) is 1. The summed E-state index contributed by atoms with van der Waals surface area (Å²) in [6.45, 7) is 1.36. The monoisotopic (exact) mass is 184 g/mol. The van der Waals surface area contributed by atoms with Crippen LogP contribution in [0.1, 0.15) is 38.5 Å². The molecule has 1 saturated carbocycles. The highest BCUT2D eigenvalue weighted by Gasteiger charge is 2.29. The van der Waals surface area contributed by atoms with Crippen LogP contribution >= 0.6 is 0 Å². The second kappa shape index (κ2) is 4.43. The summed E-state index contributed by atoms with van der Waals surface area (Å²) in [4.78, 5) is 0. The molecule has 13 heavy (non-hydrogen) atoms. The van der Waals surface area contributed by atoms with Gasteiger partial charge in [-0.2, -0.15) is 0 Å². The lowest BCUT2D eigenvalue weighted by atomic mass is 9.82. The van der Waals surface area contributed by atoms with Gasteiger partial charge in [0.1, 0.15) is 0 Å². The SMILES string of the molecule is O[C@@H]1COC[C@H]1CC1CCCCC1. The summed E-state index contributed by atoms with van der Waals surface area (Å²) in [7, 11) is 0. The predicted molar refractivity (Wildman–Crippen MR) is 51.5 cm³/mol. The smallest absolute Gasteiger partial charge is 0.0823 e. The van der Waals surface area contributed by atoms with Gasteiger partial charge in [-0.25, -0.2) is 0 Å². The molecule has 0 unspecified atom stereocenters. The number of hydrogen-bond acceptors (Lipinski definition) is 2. The van der Waals surface area contributed by atoms with E-state index in [1.54, 1.807) is 0 Å². The molecule has 2 rings (SSSR count). The molecule has 2 heteroatoms. The van der Waals surface area contributed by atoms with Gasteiger partial charge in [0.2, 0.25) is 0 Å². The third-order valence-electron chi connectivity index (χ3n) is 3.53. The molecule has 0 amide bonds. The Kier molecular flexibility index (Phi) is 3.23. The zero-order valence-electron chi connectivity index (χ0n) is 8.24. The molecule has 1 saturated heterocycles. The van der Waals surface area contributed by atoms with Crippen LogP contribution in [0.25, 0.3) is 0 Å². The first-order valence-electron chi connectivity index (χ1n) is 5.62. The fourth-order valence-corrected chi connectivity index (χ4v) is 2.66. The van der Waals surface area contributed by atoms with Gasteiger partial charge in [-0.1, -0.05) is 32.1 Å². The van der Waals surface area contributed by atoms with E-state index in [9.17, 15) is 5.11 Å². The summed E-state index contributed by atoms with van der Waals surface area (Å²) in [6, 6.07) is 0. The molecule has 76 valence electrons. The molecule has 1 N–H and O–H groups in total. The van der Waals surface area contributed by atoms with Gasteiger partial charge >= 0.3 is 0 Å². The summed E-state index contributed by atoms with van der Waals surface area (Å²) in [5, 5.41) is 9.59. The van der Waals surface area contributed by atoms with Gasteiger partial charge in [-0.05, 0) is 12.3 Å². The Morgan fingerprint density at radius 1 is 1.08 bits per heavy atom. The molecule has 0 aromatic carbocycles. The van der Waals surface area contributed by atoms with E-state index in [1.165, 1.54) is 38.5 Å². The van der Waals surface area contributed by atoms with Crippen LogP contribution in [0.5, 0.6) is 0 Å². The van der Waals surface area contributed by atoms with Crippen molar-refractivity contribution in [3.05, 3.63) is 0 Å². The zero-order chi connectivity index (χ0) is 9.10. The Hall–Kier alpha value is -0.0800. The van der Waals surface area contributed by atoms with Gasteiger partial charge in [0.25, 0.3) is 0 Å². The van der Waals surface area contributed by atoms with E-state index in [0.29, 0.717) is 12.5 Å². The second-order valence-corrected chi connectivity index (χ2v) is 4.60. The van der Waals surface area contributed by atoms with E-state index in [4.69, 9.17) is 4.74 Å². The number of aliphatic hydroxyl groups is 1. The van der Waals surface area contributed by atoms with Crippen LogP contribution in [0.15, 0.2) is 0 Å². The van der Waals surface area contributed by atoms with Crippen molar-refractivity contribution in [2.45, 2.75) is 44.6 Å². The molecular formula is C11H20O2. The number of rotatable bonds is 2. The molecular weight excluding hydrogens is 164 g/mol. The van der Waals surface area contributed by atoms with Crippen molar-refractivity contribution < 1.29 is 9.84 Å². The van der Waals surface area contributed by atoms with Crippen LogP contribution in [-0.2, 0) is 4.74 Å². The average molecular weight is 184 g/mol. The van der Waals surface area contributed by atoms with Gasteiger partial charge in [-0.3, -0.25) is 0 Å². The van der Waals surface area contributed by atoms with E-state index in [0.717, 1.165) is 12.5 Å². The topological polar surface area (TPSA) is 29.5 Å². The maximum Gasteiger partial charge on any atom is 0.0823 e. The van der Waals surface area contributed by atoms with E-state index in [1.807, 2.05) is 0 Å². The highest BCUT2D eigenvalue weighted by Crippen LogP contribution is 2.31. The Bertz CT molecular complexity index is 152. The first-order chi connectivity index (χ1) is 6.36. The molecule has 1 heterocycles. The standard InChI is InChI=1S/C11H20O2/c12-11-8-13-7-10(11)6-9-4-2-1-3-5-9/h9-12H,1-8H2/t10-,11-/m1/s1. The van der Waals surface area contributed by atoms with Gasteiger partial charge < -0.3 is 9.84 Å². The average Bonchev–Trinajstić information content (AvgIpc) is 2.54. The lowest BCUT2D eigenvalue weighted by molar-refractivity contribution is 0.111. The molecule has 2 fully saturated rings. The van der Waals surface area contributed by atoms with Crippen molar-refractivity contribution in [2.75, 3.05) is 13.2 Å². The summed E-state index contributed by atoms with van der Waals surface area (Å²) in [6.07, 6.45) is 7.98. The summed E-state index contributed by atoms with van der Waals surface area (Å²) >= 11 is 0. The van der Waals surface area contributed by atoms with E-state index >= 15 is 0 Å². The highest BCUT2D eigenvalue weighted by atomic mass is 16.5. The van der Waals surface area contributed by atoms with Crippen LogP contribution in [0, 0.1) is 11.8 Å². The Balaban J connectivity index is 1.75. The first kappa shape index (κ1) is 9.47. The highest BCUT2D eigenvalue weighted by molar-refractivity contribution is 4.78. The molecule has 1 aliphatic heterocycles. The minimum absolute atomic E-state index is 0.179. The van der Waals surface area contributed by atoms with Gasteiger partial charge in [0, 0.05) is 5.92 Å². The van der Waals surface area contributed by atoms with Crippen molar-refractivity contribution in [1.82, 2.24) is 0 Å². The quantitative estimate of drug-likeness (QED) is 0.711. The van der Waals surface area contributed by atoms with Crippen molar-refractivity contribution in [3.63, 3.8) is 0 Å². The maximum atomic E-state index is 9.59. The minimum Gasteiger partial charge on any atom is -0.390 e. The van der Waals surface area contributed by atoms with Crippen LogP contribution in [0.3, 0.4) is 0 Å². The van der Waals surface area contributed by atoms with E-state index in [2.05, 4.69) is 0 Å². The number of aliphatic hydroxyl groups excluding tert-OH is 1. The Morgan fingerprint density at radius 3 is 2.46 bits per heavy atom. The van der Waals surface area contributed by atoms with Crippen LogP contribution < -0.4 is 0 Å². The second-order valence-electron chi connectivity index (χ2n) is 4.60. The van der Waals surface area contributed by atoms with E-state index < -0.39 is 0 Å². The molecule has 0 radical (unpaired) electrons. The van der Waals surface area contributed by atoms with Crippen LogP contribution in [0.2, 0.25) is 0 Å². The van der Waals surface area contributed by atoms with Gasteiger partial charge in [-0.15, -0.1) is 0 Å².